The summed E-state index contributed by atoms with van der Waals surface area (Å²) in [4.78, 5) is 0. The minimum atomic E-state index is -9.19. The van der Waals surface area contributed by atoms with Gasteiger partial charge in [0, 0.05) is 0 Å². The summed E-state index contributed by atoms with van der Waals surface area (Å²) in [5, 5.41) is 0. The molecule has 0 radical (unpaired) electrons. The number of hydrogen-bond donors (Lipinski definition) is 0. The Balaban J connectivity index is 0. The van der Waals surface area contributed by atoms with E-state index in [2.05, 4.69) is 0 Å². The van der Waals surface area contributed by atoms with Gasteiger partial charge in [0.05, 0.1) is 0 Å². The van der Waals surface area contributed by atoms with Gasteiger partial charge in [-0.2, -0.15) is 0 Å². The Kier molecular flexibility index (Phi) is 4.71. The van der Waals surface area contributed by atoms with E-state index in [0.717, 1.165) is 0 Å². The topological polar surface area (TPSA) is 0 Å². The Morgan fingerprint density at radius 3 is 0.700 bits per heavy atom. The fraction of sp³-hybridized carbons (Fsp3) is 0. The molecule has 0 rings (SSSR count). The molecular formula is BF8Sb. The molecule has 0 fully saturated rings. The predicted octanol–water partition coefficient (Wildman–Crippen LogP) is 2.60. The van der Waals surface area contributed by atoms with Gasteiger partial charge >= 0.3 is 41.9 Å². The van der Waals surface area contributed by atoms with Gasteiger partial charge < -0.3 is 0 Å². The van der Waals surface area contributed by atoms with Crippen molar-refractivity contribution < 1.29 is 27.0 Å². The second-order valence-electron chi connectivity index (χ2n) is 0.886. The minimum absolute atomic E-state index is 3.67. The van der Waals surface area contributed by atoms with Gasteiger partial charge in [-0.25, -0.2) is 0 Å². The van der Waals surface area contributed by atoms with Crippen molar-refractivity contribution >= 4 is 27.8 Å². The summed E-state index contributed by atoms with van der Waals surface area (Å²) in [6.07, 6.45) is 0. The van der Waals surface area contributed by atoms with Crippen molar-refractivity contribution in [3.8, 4) is 0 Å². The first-order chi connectivity index (χ1) is 3.97. The first-order valence-corrected chi connectivity index (χ1v) is 6.32. The molecule has 0 aromatic heterocycles. The van der Waals surface area contributed by atoms with Crippen molar-refractivity contribution in [3.63, 3.8) is 0 Å². The summed E-state index contributed by atoms with van der Waals surface area (Å²) in [6, 6.07) is 0. The molecule has 0 aromatic rings. The standard InChI is InChI=1S/BF3.5FH.Sb/c2-1(3)4;;;;;;/h;5*1H;/q;;;;;;+5/p-5. The predicted molar refractivity (Wildman–Crippen MR) is 20.4 cm³/mol. The van der Waals surface area contributed by atoms with E-state index in [1.54, 1.807) is 0 Å². The van der Waals surface area contributed by atoms with E-state index < -0.39 is 27.8 Å². The summed E-state index contributed by atoms with van der Waals surface area (Å²) in [7, 11) is -3.67. The van der Waals surface area contributed by atoms with Gasteiger partial charge in [-0.1, -0.05) is 0 Å². The van der Waals surface area contributed by atoms with E-state index in [1.807, 2.05) is 0 Å². The van der Waals surface area contributed by atoms with Crippen LogP contribution in [0.15, 0.2) is 0 Å². The van der Waals surface area contributed by atoms with Gasteiger partial charge in [-0.15, -0.1) is 0 Å². The van der Waals surface area contributed by atoms with Crippen LogP contribution in [0.3, 0.4) is 0 Å². The van der Waals surface area contributed by atoms with E-state index in [9.17, 15) is 27.0 Å². The van der Waals surface area contributed by atoms with Crippen LogP contribution in [0.1, 0.15) is 0 Å². The molecule has 0 spiro atoms. The average Bonchev–Trinajstić information content (AvgIpc) is 1.14. The molecule has 0 aliphatic carbocycles. The molecule has 0 saturated heterocycles. The first kappa shape index (κ1) is 13.0. The van der Waals surface area contributed by atoms with E-state index in [-0.39, 0.29) is 0 Å². The van der Waals surface area contributed by atoms with Gasteiger partial charge in [-0.05, 0) is 0 Å². The molecule has 10 heteroatoms. The number of halogens is 8. The summed E-state index contributed by atoms with van der Waals surface area (Å²) in [5.74, 6) is 0. The SMILES string of the molecule is FB(F)F.[F][Sb]([F])([F])([F])[F]. The second kappa shape index (κ2) is 3.64. The molecule has 0 nitrogen and oxygen atoms in total. The van der Waals surface area contributed by atoms with Crippen molar-refractivity contribution in [2.24, 2.45) is 0 Å². The average molecular weight is 285 g/mol. The van der Waals surface area contributed by atoms with E-state index in [1.165, 1.54) is 0 Å². The molecule has 0 atom stereocenters. The van der Waals surface area contributed by atoms with E-state index >= 15 is 0 Å². The summed E-state index contributed by atoms with van der Waals surface area (Å²) in [5.41, 5.74) is 0. The first-order valence-electron chi connectivity index (χ1n) is 1.50. The molecule has 0 bridgehead atoms. The maximum absolute atomic E-state index is 9.91. The molecule has 0 aliphatic heterocycles. The van der Waals surface area contributed by atoms with Crippen LogP contribution in [-0.4, -0.2) is 27.8 Å². The molecule has 0 unspecified atom stereocenters. The quantitative estimate of drug-likeness (QED) is 0.474. The third-order valence-electron chi connectivity index (χ3n) is 0. The van der Waals surface area contributed by atoms with Crippen LogP contribution in [0.25, 0.3) is 0 Å². The fourth-order valence-corrected chi connectivity index (χ4v) is 0. The van der Waals surface area contributed by atoms with Crippen molar-refractivity contribution in [1.29, 1.82) is 0 Å². The molecular weight excluding hydrogens is 285 g/mol. The molecule has 10 heavy (non-hydrogen) atoms. The Bertz CT molecular complexity index is 67.5. The zero-order valence-corrected chi connectivity index (χ0v) is 6.60. The van der Waals surface area contributed by atoms with E-state index in [4.69, 9.17) is 0 Å². The Morgan fingerprint density at radius 2 is 0.700 bits per heavy atom. The zero-order chi connectivity index (χ0) is 9.02. The zero-order valence-electron chi connectivity index (χ0n) is 4.05. The van der Waals surface area contributed by atoms with Crippen LogP contribution in [0.4, 0.5) is 27.0 Å². The molecule has 64 valence electrons. The van der Waals surface area contributed by atoms with E-state index in [0.29, 0.717) is 0 Å². The fourth-order valence-electron chi connectivity index (χ4n) is 0. The summed E-state index contributed by atoms with van der Waals surface area (Å²) in [6.45, 7) is 0. The van der Waals surface area contributed by atoms with Crippen LogP contribution >= 0.6 is 0 Å². The third-order valence-corrected chi connectivity index (χ3v) is 0. The van der Waals surface area contributed by atoms with Crippen LogP contribution < -0.4 is 0 Å². The van der Waals surface area contributed by atoms with Gasteiger partial charge in [0.25, 0.3) is 0 Å². The van der Waals surface area contributed by atoms with Crippen molar-refractivity contribution in [1.82, 2.24) is 0 Å². The Hall–Kier alpha value is 0.323. The normalized spacial score (nSPS) is 14.2. The third kappa shape index (κ3) is 4280. The molecule has 0 N–H and O–H groups in total. The monoisotopic (exact) mass is 284 g/mol. The molecule has 0 aromatic carbocycles. The van der Waals surface area contributed by atoms with Gasteiger partial charge in [0.15, 0.2) is 0 Å². The van der Waals surface area contributed by atoms with Gasteiger partial charge in [0.1, 0.15) is 0 Å². The van der Waals surface area contributed by atoms with Crippen molar-refractivity contribution in [2.45, 2.75) is 0 Å². The molecule has 0 heterocycles. The van der Waals surface area contributed by atoms with Crippen LogP contribution in [0, 0.1) is 0 Å². The van der Waals surface area contributed by atoms with Crippen molar-refractivity contribution in [2.75, 3.05) is 0 Å². The Labute approximate surface area is 55.5 Å². The van der Waals surface area contributed by atoms with Crippen LogP contribution in [0.5, 0.6) is 0 Å². The van der Waals surface area contributed by atoms with Crippen LogP contribution in [-0.2, 0) is 0 Å². The van der Waals surface area contributed by atoms with Crippen LogP contribution in [0.2, 0.25) is 0 Å². The van der Waals surface area contributed by atoms with Gasteiger partial charge in [0.2, 0.25) is 0 Å². The van der Waals surface area contributed by atoms with Crippen molar-refractivity contribution in [3.05, 3.63) is 0 Å². The summed E-state index contributed by atoms with van der Waals surface area (Å²) < 4.78 is 78.5. The summed E-state index contributed by atoms with van der Waals surface area (Å²) >= 11 is -9.19. The maximum atomic E-state index is 9.91. The number of hydrogen-bond acceptors (Lipinski definition) is 0. The molecule has 0 aliphatic rings. The second-order valence-corrected chi connectivity index (χ2v) is 4.53. The molecule has 0 amide bonds. The Morgan fingerprint density at radius 1 is 0.700 bits per heavy atom. The number of rotatable bonds is 0. The molecule has 0 saturated carbocycles. The van der Waals surface area contributed by atoms with Gasteiger partial charge in [-0.3, -0.25) is 12.9 Å².